The number of hydrogen-bond donors (Lipinski definition) is 0. The molecule has 90 valence electrons. The Kier molecular flexibility index (Phi) is 5.03. The van der Waals surface area contributed by atoms with Gasteiger partial charge in [0.05, 0.1) is 6.61 Å². The maximum atomic E-state index is 13.5. The molecular weight excluding hydrogens is 216 g/mol. The molecule has 0 N–H and O–H groups in total. The summed E-state index contributed by atoms with van der Waals surface area (Å²) >= 11 is 0. The Morgan fingerprint density at radius 1 is 1.20 bits per heavy atom. The van der Waals surface area contributed by atoms with E-state index in [9.17, 15) is 22.4 Å². The summed E-state index contributed by atoms with van der Waals surface area (Å²) in [6.45, 7) is 2.67. The number of carbonyl (C=O) groups excluding carboxylic acids is 1. The van der Waals surface area contributed by atoms with Crippen molar-refractivity contribution < 1.29 is 27.1 Å². The molecule has 0 saturated heterocycles. The third kappa shape index (κ3) is 3.35. The van der Waals surface area contributed by atoms with E-state index in [1.165, 1.54) is 6.92 Å². The van der Waals surface area contributed by atoms with Crippen molar-refractivity contribution in [3.8, 4) is 0 Å². The summed E-state index contributed by atoms with van der Waals surface area (Å²) in [7, 11) is 0. The number of unbranched alkanes of at least 4 members (excludes halogenated alkanes) is 1. The van der Waals surface area contributed by atoms with Crippen LogP contribution in [0.2, 0.25) is 0 Å². The number of hydrogen-bond acceptors (Lipinski definition) is 2. The summed E-state index contributed by atoms with van der Waals surface area (Å²) in [6.07, 6.45) is -5.74. The lowest BCUT2D eigenvalue weighted by Gasteiger charge is -2.25. The number of carbonyl (C=O) groups is 1. The minimum Gasteiger partial charge on any atom is -0.463 e. The molecule has 0 aromatic carbocycles. The molecule has 0 aromatic rings. The largest absolute Gasteiger partial charge is 0.463 e. The van der Waals surface area contributed by atoms with Crippen LogP contribution in [0.4, 0.5) is 17.6 Å². The second-order valence-corrected chi connectivity index (χ2v) is 3.12. The van der Waals surface area contributed by atoms with Crippen molar-refractivity contribution in [2.45, 2.75) is 45.0 Å². The van der Waals surface area contributed by atoms with Gasteiger partial charge in [-0.05, 0) is 13.3 Å². The van der Waals surface area contributed by atoms with Gasteiger partial charge in [-0.25, -0.2) is 9.18 Å². The van der Waals surface area contributed by atoms with Gasteiger partial charge in [-0.2, -0.15) is 13.2 Å². The number of rotatable bonds is 5. The molecular formula is C9H14F4O2. The van der Waals surface area contributed by atoms with Gasteiger partial charge in [0.1, 0.15) is 0 Å². The minimum atomic E-state index is -5.21. The van der Waals surface area contributed by atoms with E-state index in [0.29, 0.717) is 6.42 Å². The van der Waals surface area contributed by atoms with Crippen molar-refractivity contribution in [1.82, 2.24) is 0 Å². The quantitative estimate of drug-likeness (QED) is 0.536. The lowest BCUT2D eigenvalue weighted by atomic mass is 9.98. The molecule has 0 saturated carbocycles. The molecule has 1 atom stereocenters. The Morgan fingerprint density at radius 2 is 1.73 bits per heavy atom. The van der Waals surface area contributed by atoms with Gasteiger partial charge in [-0.1, -0.05) is 13.3 Å². The average molecular weight is 230 g/mol. The second-order valence-electron chi connectivity index (χ2n) is 3.12. The van der Waals surface area contributed by atoms with Crippen LogP contribution in [0.3, 0.4) is 0 Å². The summed E-state index contributed by atoms with van der Waals surface area (Å²) < 4.78 is 54.5. The summed E-state index contributed by atoms with van der Waals surface area (Å²) in [5.41, 5.74) is -3.86. The van der Waals surface area contributed by atoms with Crippen LogP contribution in [0.15, 0.2) is 0 Å². The van der Waals surface area contributed by atoms with Gasteiger partial charge in [0.2, 0.25) is 0 Å². The zero-order chi connectivity index (χ0) is 12.1. The van der Waals surface area contributed by atoms with Gasteiger partial charge in [0, 0.05) is 6.42 Å². The van der Waals surface area contributed by atoms with E-state index in [0.717, 1.165) is 0 Å². The van der Waals surface area contributed by atoms with Crippen molar-refractivity contribution in [3.63, 3.8) is 0 Å². The summed E-state index contributed by atoms with van der Waals surface area (Å²) in [4.78, 5) is 10.9. The molecule has 0 heterocycles. The number of halogens is 4. The fourth-order valence-electron chi connectivity index (χ4n) is 1.03. The summed E-state index contributed by atoms with van der Waals surface area (Å²) in [5.74, 6) is -1.84. The van der Waals surface area contributed by atoms with Crippen LogP contribution in [0.5, 0.6) is 0 Å². The summed E-state index contributed by atoms with van der Waals surface area (Å²) in [6, 6.07) is 0. The molecule has 0 aliphatic heterocycles. The predicted octanol–water partition coefficient (Wildman–Crippen LogP) is 3.01. The minimum absolute atomic E-state index is 0.0190. The number of esters is 1. The van der Waals surface area contributed by atoms with Crippen LogP contribution in [0.25, 0.3) is 0 Å². The van der Waals surface area contributed by atoms with Crippen LogP contribution >= 0.6 is 0 Å². The van der Waals surface area contributed by atoms with Gasteiger partial charge >= 0.3 is 17.8 Å². The van der Waals surface area contributed by atoms with Crippen molar-refractivity contribution in [3.05, 3.63) is 0 Å². The first kappa shape index (κ1) is 14.2. The second kappa shape index (κ2) is 5.32. The Labute approximate surface area is 85.6 Å². The Balaban J connectivity index is 4.77. The normalized spacial score (nSPS) is 15.9. The van der Waals surface area contributed by atoms with Crippen LogP contribution < -0.4 is 0 Å². The molecule has 0 aliphatic rings. The van der Waals surface area contributed by atoms with Gasteiger partial charge in [-0.15, -0.1) is 0 Å². The van der Waals surface area contributed by atoms with E-state index in [2.05, 4.69) is 4.74 Å². The fourth-order valence-corrected chi connectivity index (χ4v) is 1.03. The smallest absolute Gasteiger partial charge is 0.433 e. The first-order valence-electron chi connectivity index (χ1n) is 4.72. The van der Waals surface area contributed by atoms with Crippen LogP contribution in [-0.2, 0) is 9.53 Å². The Hall–Kier alpha value is -0.810. The molecule has 15 heavy (non-hydrogen) atoms. The van der Waals surface area contributed by atoms with E-state index >= 15 is 0 Å². The van der Waals surface area contributed by atoms with E-state index in [1.807, 2.05) is 0 Å². The first-order chi connectivity index (χ1) is 6.79. The SMILES string of the molecule is CCCCC(F)(C(=O)OCC)C(F)(F)F. The molecule has 0 aliphatic carbocycles. The van der Waals surface area contributed by atoms with Crippen molar-refractivity contribution in [1.29, 1.82) is 0 Å². The van der Waals surface area contributed by atoms with Gasteiger partial charge in [0.15, 0.2) is 0 Å². The van der Waals surface area contributed by atoms with Crippen molar-refractivity contribution in [2.75, 3.05) is 6.61 Å². The van der Waals surface area contributed by atoms with Gasteiger partial charge in [0.25, 0.3) is 0 Å². The zero-order valence-corrected chi connectivity index (χ0v) is 8.66. The Bertz CT molecular complexity index is 215. The van der Waals surface area contributed by atoms with Crippen LogP contribution in [0, 0.1) is 0 Å². The number of alkyl halides is 4. The topological polar surface area (TPSA) is 26.3 Å². The van der Waals surface area contributed by atoms with Crippen molar-refractivity contribution in [2.24, 2.45) is 0 Å². The van der Waals surface area contributed by atoms with E-state index in [1.54, 1.807) is 6.92 Å². The molecule has 0 fully saturated rings. The highest BCUT2D eigenvalue weighted by atomic mass is 19.4. The Morgan fingerprint density at radius 3 is 2.07 bits per heavy atom. The maximum Gasteiger partial charge on any atom is 0.433 e. The average Bonchev–Trinajstić information content (AvgIpc) is 2.12. The fraction of sp³-hybridized carbons (Fsp3) is 0.889. The molecule has 0 aromatic heterocycles. The van der Waals surface area contributed by atoms with Crippen molar-refractivity contribution >= 4 is 5.97 Å². The van der Waals surface area contributed by atoms with E-state index in [4.69, 9.17) is 0 Å². The first-order valence-corrected chi connectivity index (χ1v) is 4.72. The maximum absolute atomic E-state index is 13.5. The monoisotopic (exact) mass is 230 g/mol. The highest BCUT2D eigenvalue weighted by Crippen LogP contribution is 2.39. The van der Waals surface area contributed by atoms with Gasteiger partial charge < -0.3 is 4.74 Å². The molecule has 1 unspecified atom stereocenters. The molecule has 0 rings (SSSR count). The summed E-state index contributed by atoms with van der Waals surface area (Å²) in [5, 5.41) is 0. The lowest BCUT2D eigenvalue weighted by Crippen LogP contribution is -2.49. The molecule has 0 radical (unpaired) electrons. The third-order valence-corrected chi connectivity index (χ3v) is 1.92. The molecule has 2 nitrogen and oxygen atoms in total. The standard InChI is InChI=1S/C9H14F4O2/c1-3-5-6-8(10,9(11,12)13)7(14)15-4-2/h3-6H2,1-2H3. The van der Waals surface area contributed by atoms with Gasteiger partial charge in [-0.3, -0.25) is 0 Å². The van der Waals surface area contributed by atoms with Crippen LogP contribution in [-0.4, -0.2) is 24.4 Å². The molecule has 0 amide bonds. The molecule has 0 spiro atoms. The molecule has 0 bridgehead atoms. The lowest BCUT2D eigenvalue weighted by molar-refractivity contribution is -0.240. The predicted molar refractivity (Wildman–Crippen MR) is 46.1 cm³/mol. The van der Waals surface area contributed by atoms with E-state index < -0.39 is 24.2 Å². The number of ether oxygens (including phenoxy) is 1. The highest BCUT2D eigenvalue weighted by Gasteiger charge is 2.62. The molecule has 6 heteroatoms. The highest BCUT2D eigenvalue weighted by molar-refractivity contribution is 5.80. The third-order valence-electron chi connectivity index (χ3n) is 1.92. The van der Waals surface area contributed by atoms with Crippen LogP contribution in [0.1, 0.15) is 33.1 Å². The van der Waals surface area contributed by atoms with E-state index in [-0.39, 0.29) is 13.0 Å². The zero-order valence-electron chi connectivity index (χ0n) is 8.66.